The summed E-state index contributed by atoms with van der Waals surface area (Å²) < 4.78 is 116. The first kappa shape index (κ1) is 36.2. The van der Waals surface area contributed by atoms with Crippen LogP contribution in [0.2, 0.25) is 0 Å². The van der Waals surface area contributed by atoms with Crippen molar-refractivity contribution in [2.75, 3.05) is 0 Å². The van der Waals surface area contributed by atoms with Gasteiger partial charge in [0, 0.05) is 23.1 Å². The Labute approximate surface area is 290 Å². The quantitative estimate of drug-likeness (QED) is 0.115. The number of nitrogens with two attached hydrogens (primary N) is 1. The minimum atomic E-state index is -5.12. The molecule has 2 heterocycles. The van der Waals surface area contributed by atoms with Gasteiger partial charge in [-0.15, -0.1) is 0 Å². The van der Waals surface area contributed by atoms with Crippen molar-refractivity contribution >= 4 is 11.8 Å². The molecule has 0 unspecified atom stereocenters. The number of hydrogen-bond donors (Lipinski definition) is 3. The van der Waals surface area contributed by atoms with Crippen molar-refractivity contribution < 1.29 is 49.8 Å². The lowest BCUT2D eigenvalue weighted by Crippen LogP contribution is -2.36. The summed E-state index contributed by atoms with van der Waals surface area (Å²) >= 11 is 0. The van der Waals surface area contributed by atoms with Crippen molar-refractivity contribution in [3.63, 3.8) is 0 Å². The predicted molar refractivity (Wildman–Crippen MR) is 169 cm³/mol. The number of carbonyl (C=O) groups is 2. The number of hydrogen-bond acceptors (Lipinski definition) is 5. The van der Waals surface area contributed by atoms with Gasteiger partial charge in [-0.25, -0.2) is 18.2 Å². The van der Waals surface area contributed by atoms with E-state index in [4.69, 9.17) is 5.73 Å². The highest BCUT2D eigenvalue weighted by Gasteiger charge is 2.61. The fraction of sp³-hybridized carbons (Fsp3) is 0.278. The number of fused-ring (bicyclic) bond motifs is 3. The first-order valence-electron chi connectivity index (χ1n) is 15.6. The van der Waals surface area contributed by atoms with Gasteiger partial charge in [0.05, 0.1) is 23.2 Å². The number of allylic oxidation sites excluding steroid dienone is 2. The van der Waals surface area contributed by atoms with Crippen LogP contribution in [-0.4, -0.2) is 37.3 Å². The fourth-order valence-electron chi connectivity index (χ4n) is 6.29. The third-order valence-electron chi connectivity index (χ3n) is 8.52. The van der Waals surface area contributed by atoms with Crippen molar-refractivity contribution in [2.45, 2.75) is 56.5 Å². The van der Waals surface area contributed by atoms with Crippen molar-refractivity contribution in [2.24, 2.45) is 11.7 Å². The van der Waals surface area contributed by atoms with Crippen LogP contribution < -0.4 is 11.1 Å². The van der Waals surface area contributed by atoms with E-state index in [0.29, 0.717) is 10.7 Å². The van der Waals surface area contributed by atoms with E-state index in [1.165, 1.54) is 38.1 Å². The molecule has 2 aromatic carbocycles. The van der Waals surface area contributed by atoms with Crippen LogP contribution in [0.1, 0.15) is 70.1 Å². The number of primary amides is 1. The number of alkyl halides is 5. The average molecular weight is 730 g/mol. The van der Waals surface area contributed by atoms with E-state index in [-0.39, 0.29) is 28.1 Å². The third kappa shape index (κ3) is 7.00. The molecule has 270 valence electrons. The lowest BCUT2D eigenvalue weighted by molar-refractivity contribution is -0.142. The first-order chi connectivity index (χ1) is 24.2. The maximum Gasteiger partial charge on any atom is 0.435 e. The summed E-state index contributed by atoms with van der Waals surface area (Å²) in [6.07, 6.45) is -3.25. The van der Waals surface area contributed by atoms with Crippen LogP contribution in [0.5, 0.6) is 0 Å². The summed E-state index contributed by atoms with van der Waals surface area (Å²) in [7, 11) is 0. The molecule has 2 aromatic heterocycles. The fourth-order valence-corrected chi connectivity index (χ4v) is 6.29. The van der Waals surface area contributed by atoms with Gasteiger partial charge in [0.15, 0.2) is 5.69 Å². The molecule has 2 amide bonds. The highest BCUT2D eigenvalue weighted by atomic mass is 19.4. The van der Waals surface area contributed by atoms with Crippen LogP contribution in [0.4, 0.5) is 35.1 Å². The number of halogens is 8. The predicted octanol–water partition coefficient (Wildman–Crippen LogP) is 6.08. The number of pyridine rings is 1. The van der Waals surface area contributed by atoms with Crippen LogP contribution in [0, 0.1) is 35.2 Å². The van der Waals surface area contributed by atoms with Gasteiger partial charge in [0.1, 0.15) is 41.0 Å². The Morgan fingerprint density at radius 3 is 2.33 bits per heavy atom. The molecule has 2 aliphatic rings. The van der Waals surface area contributed by atoms with Crippen LogP contribution in [0.25, 0.3) is 11.1 Å². The molecular weight excluding hydrogens is 702 g/mol. The van der Waals surface area contributed by atoms with Crippen molar-refractivity contribution in [3.05, 3.63) is 118 Å². The standard InChI is InChI=1S/C36H27F8N5O3/c1-34(2,52)10-9-21-4-5-22(18-3-8-26(39)24(14-18)33(45)51)30(46-21)27(13-17-11-19(37)15-20(38)12-17)47-28(50)16-49-32-29(31(48-49)36(42,43)44)23-6-7-25(23)35(32,40)41/h3-8,11-12,14-15,23,25,27,52H,13,16H2,1-2H3,(H2,45,51)(H,47,50)/t23-,25+,27-/m0/s1. The molecule has 0 saturated carbocycles. The van der Waals surface area contributed by atoms with Gasteiger partial charge >= 0.3 is 6.18 Å². The van der Waals surface area contributed by atoms with Gasteiger partial charge in [0.2, 0.25) is 5.91 Å². The second kappa shape index (κ2) is 12.9. The van der Waals surface area contributed by atoms with Gasteiger partial charge in [-0.3, -0.25) is 14.3 Å². The molecule has 0 aliphatic heterocycles. The van der Waals surface area contributed by atoms with E-state index in [1.807, 2.05) is 0 Å². The normalized spacial score (nSPS) is 17.8. The molecule has 3 atom stereocenters. The van der Waals surface area contributed by atoms with Gasteiger partial charge in [0.25, 0.3) is 11.8 Å². The number of nitrogens with one attached hydrogen (secondary N) is 1. The Morgan fingerprint density at radius 2 is 1.73 bits per heavy atom. The molecule has 4 aromatic rings. The zero-order valence-electron chi connectivity index (χ0n) is 27.1. The Hall–Kier alpha value is -5.56. The van der Waals surface area contributed by atoms with Gasteiger partial charge < -0.3 is 16.2 Å². The van der Waals surface area contributed by atoms with E-state index >= 15 is 8.78 Å². The van der Waals surface area contributed by atoms with Crippen LogP contribution in [-0.2, 0) is 29.9 Å². The minimum Gasteiger partial charge on any atom is -0.378 e. The lowest BCUT2D eigenvalue weighted by atomic mass is 9.81. The monoisotopic (exact) mass is 729 g/mol. The summed E-state index contributed by atoms with van der Waals surface area (Å²) in [5, 5.41) is 16.1. The summed E-state index contributed by atoms with van der Waals surface area (Å²) in [6, 6.07) is 7.16. The lowest BCUT2D eigenvalue weighted by Gasteiger charge is -2.27. The summed E-state index contributed by atoms with van der Waals surface area (Å²) in [5.74, 6) is -6.56. The van der Waals surface area contributed by atoms with Gasteiger partial charge in [-0.05, 0) is 73.7 Å². The van der Waals surface area contributed by atoms with Crippen LogP contribution in [0.15, 0.2) is 60.7 Å². The molecule has 0 fully saturated rings. The molecule has 0 bridgehead atoms. The molecule has 6 rings (SSSR count). The number of nitrogens with zero attached hydrogens (tertiary/aromatic N) is 3. The zero-order chi connectivity index (χ0) is 37.9. The number of aromatic nitrogens is 3. The Kier molecular flexibility index (Phi) is 8.98. The van der Waals surface area contributed by atoms with E-state index in [2.05, 4.69) is 27.2 Å². The summed E-state index contributed by atoms with van der Waals surface area (Å²) in [6.45, 7) is 1.65. The Bertz CT molecular complexity index is 2190. The number of rotatable bonds is 8. The molecule has 0 saturated heterocycles. The topological polar surface area (TPSA) is 123 Å². The van der Waals surface area contributed by atoms with Crippen molar-refractivity contribution in [1.82, 2.24) is 20.1 Å². The Morgan fingerprint density at radius 1 is 1.04 bits per heavy atom. The van der Waals surface area contributed by atoms with E-state index in [0.717, 1.165) is 30.3 Å². The highest BCUT2D eigenvalue weighted by Crippen LogP contribution is 2.60. The molecule has 0 spiro atoms. The Balaban J connectivity index is 1.47. The second-order valence-corrected chi connectivity index (χ2v) is 12.9. The number of amides is 2. The SMILES string of the molecule is CC(C)(O)C#Cc1ccc(-c2ccc(F)c(C(N)=O)c2)c([C@H](Cc2cc(F)cc(F)c2)NC(=O)Cn2nc(C(F)(F)F)c3c2C(F)(F)[C@@H]2C=C[C@H]32)n1. The zero-order valence-corrected chi connectivity index (χ0v) is 27.1. The molecule has 4 N–H and O–H groups in total. The van der Waals surface area contributed by atoms with E-state index < -0.39 is 100 Å². The van der Waals surface area contributed by atoms with Crippen molar-refractivity contribution in [1.29, 1.82) is 0 Å². The number of benzene rings is 2. The molecule has 2 aliphatic carbocycles. The maximum atomic E-state index is 15.4. The van der Waals surface area contributed by atoms with Crippen LogP contribution >= 0.6 is 0 Å². The maximum absolute atomic E-state index is 15.4. The van der Waals surface area contributed by atoms with Gasteiger partial charge in [-0.2, -0.15) is 27.1 Å². The molecular formula is C36H27F8N5O3. The summed E-state index contributed by atoms with van der Waals surface area (Å²) in [5.41, 5.74) is 0.112. The summed E-state index contributed by atoms with van der Waals surface area (Å²) in [4.78, 5) is 30.2. The molecule has 52 heavy (non-hydrogen) atoms. The van der Waals surface area contributed by atoms with E-state index in [9.17, 15) is 41.0 Å². The van der Waals surface area contributed by atoms with Crippen LogP contribution in [0.3, 0.4) is 0 Å². The number of carbonyl (C=O) groups excluding carboxylic acids is 2. The third-order valence-corrected chi connectivity index (χ3v) is 8.52. The average Bonchev–Trinajstić information content (AvgIpc) is 3.44. The molecule has 0 radical (unpaired) electrons. The van der Waals surface area contributed by atoms with Gasteiger partial charge in [-0.1, -0.05) is 24.1 Å². The molecule has 8 nitrogen and oxygen atoms in total. The van der Waals surface area contributed by atoms with E-state index in [1.54, 1.807) is 0 Å². The largest absolute Gasteiger partial charge is 0.435 e. The minimum absolute atomic E-state index is 0.00474. The number of aliphatic hydroxyl groups is 1. The second-order valence-electron chi connectivity index (χ2n) is 12.9. The van der Waals surface area contributed by atoms with Crippen molar-refractivity contribution in [3.8, 4) is 23.0 Å². The molecule has 16 heteroatoms. The first-order valence-corrected chi connectivity index (χ1v) is 15.6. The highest BCUT2D eigenvalue weighted by molar-refractivity contribution is 5.94. The smallest absolute Gasteiger partial charge is 0.378 e.